The Morgan fingerprint density at radius 2 is 2.06 bits per heavy atom. The fraction of sp³-hybridized carbons (Fsp3) is 0.375. The number of ether oxygens (including phenoxy) is 1. The molecular weight excluding hydrogens is 461 g/mol. The number of para-hydroxylation sites is 1. The Hall–Kier alpha value is -3.76. The lowest BCUT2D eigenvalue weighted by Gasteiger charge is -2.28. The predicted octanol–water partition coefficient (Wildman–Crippen LogP) is 4.42. The van der Waals surface area contributed by atoms with Crippen LogP contribution < -0.4 is 15.8 Å². The number of nitrogens with zero attached hydrogens (tertiary/aromatic N) is 3. The molecule has 0 unspecified atom stereocenters. The third-order valence-corrected chi connectivity index (χ3v) is 6.72. The van der Waals surface area contributed by atoms with Crippen LogP contribution in [0.3, 0.4) is 0 Å². The highest BCUT2D eigenvalue weighted by molar-refractivity contribution is 5.93. The van der Waals surface area contributed by atoms with Crippen LogP contribution in [0.2, 0.25) is 0 Å². The van der Waals surface area contributed by atoms with Crippen molar-refractivity contribution in [2.75, 3.05) is 19.4 Å². The van der Waals surface area contributed by atoms with Crippen LogP contribution >= 0.6 is 0 Å². The monoisotopic (exact) mass is 486 g/mol. The maximum atomic E-state index is 12.5. The Morgan fingerprint density at radius 3 is 2.77 bits per heavy atom. The van der Waals surface area contributed by atoms with Gasteiger partial charge in [-0.15, -0.1) is 0 Å². The van der Waals surface area contributed by atoms with E-state index < -0.39 is 12.1 Å². The Morgan fingerprint density at radius 1 is 1.29 bits per heavy atom. The highest BCUT2D eigenvalue weighted by atomic mass is 19.4. The van der Waals surface area contributed by atoms with E-state index in [2.05, 4.69) is 9.97 Å². The number of alkyl halides is 3. The molecule has 4 N–H and O–H groups in total. The first-order valence-corrected chi connectivity index (χ1v) is 11.4. The van der Waals surface area contributed by atoms with Gasteiger partial charge in [0, 0.05) is 30.2 Å². The molecule has 5 rings (SSSR count). The summed E-state index contributed by atoms with van der Waals surface area (Å²) in [5, 5.41) is 2.99. The summed E-state index contributed by atoms with van der Waals surface area (Å²) >= 11 is 0. The number of nitrogen functional groups attached to an aromatic ring is 1. The van der Waals surface area contributed by atoms with E-state index >= 15 is 0 Å². The molecule has 1 aliphatic carbocycles. The summed E-state index contributed by atoms with van der Waals surface area (Å²) in [6, 6.07) is 7.78. The van der Waals surface area contributed by atoms with Crippen LogP contribution in [-0.4, -0.2) is 45.1 Å². The molecule has 0 spiro atoms. The summed E-state index contributed by atoms with van der Waals surface area (Å²) in [5.41, 5.74) is 9.30. The molecule has 3 aromatic heterocycles. The number of imidazole rings is 1. The quantitative estimate of drug-likeness (QED) is 0.387. The van der Waals surface area contributed by atoms with Gasteiger partial charge in [-0.05, 0) is 43.7 Å². The standard InChI is InChI=1S/C24H25F3N6O2/c1-35-17-4-2-3-15-11-16(31-18(15)17)19-20-21(28)29-9-10-33(20)22(32-19)14-7-5-13(6-8-14)12-30-23(34)24(25,26)27/h2-4,9-11,13-14,31H,5-8,12H2,1H3,(H2,28,29)(H,30,34). The van der Waals surface area contributed by atoms with E-state index in [0.29, 0.717) is 29.9 Å². The molecule has 0 saturated heterocycles. The van der Waals surface area contributed by atoms with Crippen LogP contribution in [0.25, 0.3) is 27.8 Å². The Labute approximate surface area is 198 Å². The van der Waals surface area contributed by atoms with Crippen molar-refractivity contribution < 1.29 is 22.7 Å². The van der Waals surface area contributed by atoms with Gasteiger partial charge >= 0.3 is 12.1 Å². The molecule has 0 radical (unpaired) electrons. The van der Waals surface area contributed by atoms with E-state index in [9.17, 15) is 18.0 Å². The third kappa shape index (κ3) is 4.26. The van der Waals surface area contributed by atoms with Crippen molar-refractivity contribution >= 4 is 28.1 Å². The number of H-pyrrole nitrogens is 1. The normalized spacial score (nSPS) is 18.7. The van der Waals surface area contributed by atoms with Gasteiger partial charge in [-0.3, -0.25) is 9.20 Å². The number of halogens is 3. The molecule has 1 amide bonds. The SMILES string of the molecule is COc1cccc2cc(-c3nc(C4CCC(CNC(=O)C(F)(F)F)CC4)n4ccnc(N)c34)[nH]c12. The molecule has 11 heteroatoms. The van der Waals surface area contributed by atoms with E-state index in [1.54, 1.807) is 13.3 Å². The number of rotatable bonds is 5. The van der Waals surface area contributed by atoms with E-state index in [-0.39, 0.29) is 18.4 Å². The first kappa shape index (κ1) is 23.0. The maximum absolute atomic E-state index is 12.5. The van der Waals surface area contributed by atoms with Crippen molar-refractivity contribution in [3.63, 3.8) is 0 Å². The van der Waals surface area contributed by atoms with E-state index in [0.717, 1.165) is 41.0 Å². The zero-order valence-electron chi connectivity index (χ0n) is 19.0. The molecule has 3 heterocycles. The van der Waals surface area contributed by atoms with Crippen molar-refractivity contribution in [1.82, 2.24) is 24.7 Å². The lowest BCUT2D eigenvalue weighted by atomic mass is 9.81. The zero-order valence-corrected chi connectivity index (χ0v) is 19.0. The van der Waals surface area contributed by atoms with Gasteiger partial charge in [-0.25, -0.2) is 9.97 Å². The average Bonchev–Trinajstić information content (AvgIpc) is 3.44. The van der Waals surface area contributed by atoms with Crippen molar-refractivity contribution in [1.29, 1.82) is 0 Å². The second-order valence-corrected chi connectivity index (χ2v) is 8.88. The third-order valence-electron chi connectivity index (χ3n) is 6.72. The summed E-state index contributed by atoms with van der Waals surface area (Å²) in [6.07, 6.45) is 1.47. The van der Waals surface area contributed by atoms with Gasteiger partial charge in [-0.1, -0.05) is 12.1 Å². The molecule has 1 saturated carbocycles. The number of nitrogens with two attached hydrogens (primary N) is 1. The number of nitrogens with one attached hydrogen (secondary N) is 2. The van der Waals surface area contributed by atoms with Crippen LogP contribution in [0.1, 0.15) is 37.4 Å². The summed E-state index contributed by atoms with van der Waals surface area (Å²) in [6.45, 7) is 0.0202. The first-order chi connectivity index (χ1) is 16.8. The van der Waals surface area contributed by atoms with E-state index in [4.69, 9.17) is 15.5 Å². The Kier molecular flexibility index (Phi) is 5.78. The molecule has 8 nitrogen and oxygen atoms in total. The highest BCUT2D eigenvalue weighted by Crippen LogP contribution is 2.39. The molecule has 1 aliphatic rings. The van der Waals surface area contributed by atoms with Gasteiger partial charge in [-0.2, -0.15) is 13.2 Å². The van der Waals surface area contributed by atoms with E-state index in [1.807, 2.05) is 40.2 Å². The number of aromatic nitrogens is 4. The van der Waals surface area contributed by atoms with Gasteiger partial charge < -0.3 is 20.8 Å². The van der Waals surface area contributed by atoms with Crippen LogP contribution in [-0.2, 0) is 4.79 Å². The number of hydrogen-bond acceptors (Lipinski definition) is 5. The van der Waals surface area contributed by atoms with Gasteiger partial charge in [0.05, 0.1) is 18.3 Å². The van der Waals surface area contributed by atoms with E-state index in [1.165, 1.54) is 0 Å². The smallest absolute Gasteiger partial charge is 0.471 e. The summed E-state index contributed by atoms with van der Waals surface area (Å²) < 4.78 is 44.8. The van der Waals surface area contributed by atoms with Gasteiger partial charge in [0.25, 0.3) is 0 Å². The minimum absolute atomic E-state index is 0.00356. The number of benzene rings is 1. The summed E-state index contributed by atoms with van der Waals surface area (Å²) in [7, 11) is 1.62. The molecule has 35 heavy (non-hydrogen) atoms. The topological polar surface area (TPSA) is 110 Å². The van der Waals surface area contributed by atoms with Crippen molar-refractivity contribution in [3.05, 3.63) is 42.5 Å². The lowest BCUT2D eigenvalue weighted by Crippen LogP contribution is -2.40. The number of carbonyl (C=O) groups is 1. The number of methoxy groups -OCH3 is 1. The zero-order chi connectivity index (χ0) is 24.7. The number of fused-ring (bicyclic) bond motifs is 2. The Bertz CT molecular complexity index is 1390. The molecular formula is C24H25F3N6O2. The molecule has 4 aromatic rings. The highest BCUT2D eigenvalue weighted by Gasteiger charge is 2.39. The van der Waals surface area contributed by atoms with Crippen molar-refractivity contribution in [3.8, 4) is 17.1 Å². The molecule has 1 aromatic carbocycles. The fourth-order valence-corrected chi connectivity index (χ4v) is 4.95. The van der Waals surface area contributed by atoms with Crippen LogP contribution in [0.15, 0.2) is 36.7 Å². The fourth-order valence-electron chi connectivity index (χ4n) is 4.95. The number of aromatic amines is 1. The summed E-state index contributed by atoms with van der Waals surface area (Å²) in [4.78, 5) is 23.8. The van der Waals surface area contributed by atoms with Crippen molar-refractivity contribution in [2.45, 2.75) is 37.8 Å². The molecule has 184 valence electrons. The van der Waals surface area contributed by atoms with Gasteiger partial charge in [0.2, 0.25) is 0 Å². The molecule has 0 atom stereocenters. The first-order valence-electron chi connectivity index (χ1n) is 11.4. The largest absolute Gasteiger partial charge is 0.495 e. The molecule has 1 fully saturated rings. The number of amides is 1. The predicted molar refractivity (Wildman–Crippen MR) is 125 cm³/mol. The van der Waals surface area contributed by atoms with Gasteiger partial charge in [0.1, 0.15) is 28.6 Å². The Balaban J connectivity index is 1.42. The minimum atomic E-state index is -4.86. The van der Waals surface area contributed by atoms with Crippen LogP contribution in [0.5, 0.6) is 5.75 Å². The van der Waals surface area contributed by atoms with Crippen LogP contribution in [0.4, 0.5) is 19.0 Å². The van der Waals surface area contributed by atoms with Crippen molar-refractivity contribution in [2.24, 2.45) is 5.92 Å². The lowest BCUT2D eigenvalue weighted by molar-refractivity contribution is -0.173. The summed E-state index contributed by atoms with van der Waals surface area (Å²) in [5.74, 6) is 0.131. The number of hydrogen-bond donors (Lipinski definition) is 3. The molecule has 0 aliphatic heterocycles. The average molecular weight is 486 g/mol. The van der Waals surface area contributed by atoms with Gasteiger partial charge in [0.15, 0.2) is 0 Å². The van der Waals surface area contributed by atoms with Crippen LogP contribution in [0, 0.1) is 5.92 Å². The second-order valence-electron chi connectivity index (χ2n) is 8.88. The number of carbonyl (C=O) groups excluding carboxylic acids is 1. The second kappa shape index (κ2) is 8.79. The maximum Gasteiger partial charge on any atom is 0.471 e. The molecule has 0 bridgehead atoms. The minimum Gasteiger partial charge on any atom is -0.495 e. The number of anilines is 1.